The van der Waals surface area contributed by atoms with E-state index in [1.165, 1.54) is 6.26 Å². The second kappa shape index (κ2) is 10.0. The van der Waals surface area contributed by atoms with E-state index >= 15 is 0 Å². The fourth-order valence-electron chi connectivity index (χ4n) is 3.37. The van der Waals surface area contributed by atoms with Crippen molar-refractivity contribution in [2.75, 3.05) is 42.8 Å². The number of morpholine rings is 1. The highest BCUT2D eigenvalue weighted by Gasteiger charge is 2.17. The number of ether oxygens (including phenoxy) is 1. The van der Waals surface area contributed by atoms with E-state index in [1.54, 1.807) is 48.7 Å². The summed E-state index contributed by atoms with van der Waals surface area (Å²) in [6.45, 7) is 2.80. The van der Waals surface area contributed by atoms with Crippen LogP contribution in [0.15, 0.2) is 53.1 Å². The largest absolute Gasteiger partial charge is 0.467 e. The van der Waals surface area contributed by atoms with Crippen LogP contribution in [0, 0.1) is 0 Å². The number of anilines is 2. The number of hydrogen-bond acceptors (Lipinski definition) is 8. The van der Waals surface area contributed by atoms with Gasteiger partial charge in [-0.15, -0.1) is 0 Å². The molecule has 1 fully saturated rings. The summed E-state index contributed by atoms with van der Waals surface area (Å²) in [5.74, 6) is 1.57. The molecule has 0 bridgehead atoms. The van der Waals surface area contributed by atoms with E-state index in [-0.39, 0.29) is 18.3 Å². The number of urea groups is 1. The summed E-state index contributed by atoms with van der Waals surface area (Å²) in [6, 6.07) is 11.9. The third-order valence-electron chi connectivity index (χ3n) is 4.92. The third-order valence-corrected chi connectivity index (χ3v) is 5.74. The van der Waals surface area contributed by atoms with Gasteiger partial charge in [-0.3, -0.25) is 0 Å². The second-order valence-corrected chi connectivity index (χ2v) is 9.82. The Morgan fingerprint density at radius 3 is 2.55 bits per heavy atom. The first-order valence-corrected chi connectivity index (χ1v) is 12.5. The Kier molecular flexibility index (Phi) is 6.90. The predicted molar refractivity (Wildman–Crippen MR) is 124 cm³/mol. The van der Waals surface area contributed by atoms with Gasteiger partial charge in [0, 0.05) is 36.7 Å². The Balaban J connectivity index is 1.50. The van der Waals surface area contributed by atoms with Gasteiger partial charge < -0.3 is 24.7 Å². The van der Waals surface area contributed by atoms with Gasteiger partial charge >= 0.3 is 6.03 Å². The average Bonchev–Trinajstić information content (AvgIpc) is 3.31. The molecule has 10 nitrogen and oxygen atoms in total. The number of carbonyl (C=O) groups excluding carboxylic acids is 1. The number of carbonyl (C=O) groups is 1. The lowest BCUT2D eigenvalue weighted by Crippen LogP contribution is -2.37. The van der Waals surface area contributed by atoms with Gasteiger partial charge in [-0.25, -0.2) is 23.2 Å². The number of hydrogen-bond donors (Lipinski definition) is 2. The van der Waals surface area contributed by atoms with Gasteiger partial charge in [-0.05, 0) is 36.4 Å². The van der Waals surface area contributed by atoms with Crippen LogP contribution in [0.1, 0.15) is 11.5 Å². The molecule has 11 heteroatoms. The zero-order valence-corrected chi connectivity index (χ0v) is 19.0. The summed E-state index contributed by atoms with van der Waals surface area (Å²) in [5, 5.41) is 5.47. The van der Waals surface area contributed by atoms with Gasteiger partial charge in [-0.2, -0.15) is 0 Å². The first kappa shape index (κ1) is 22.7. The van der Waals surface area contributed by atoms with Crippen LogP contribution in [-0.4, -0.2) is 57.0 Å². The molecule has 2 N–H and O–H groups in total. The fraction of sp³-hybridized carbons (Fsp3) is 0.318. The highest BCUT2D eigenvalue weighted by molar-refractivity contribution is 7.89. The highest BCUT2D eigenvalue weighted by atomic mass is 32.2. The van der Waals surface area contributed by atoms with E-state index in [2.05, 4.69) is 25.5 Å². The zero-order chi connectivity index (χ0) is 23.3. The molecule has 3 heterocycles. The Morgan fingerprint density at radius 2 is 1.88 bits per heavy atom. The summed E-state index contributed by atoms with van der Waals surface area (Å²) in [4.78, 5) is 23.3. The van der Waals surface area contributed by atoms with Crippen molar-refractivity contribution in [2.45, 2.75) is 12.3 Å². The monoisotopic (exact) mass is 471 g/mol. The smallest absolute Gasteiger partial charge is 0.319 e. The minimum Gasteiger partial charge on any atom is -0.467 e. The molecule has 174 valence electrons. The quantitative estimate of drug-likeness (QED) is 0.538. The van der Waals surface area contributed by atoms with E-state index in [1.807, 2.05) is 0 Å². The van der Waals surface area contributed by atoms with Crippen LogP contribution in [0.5, 0.6) is 0 Å². The van der Waals surface area contributed by atoms with Crippen LogP contribution < -0.4 is 15.5 Å². The molecule has 0 spiro atoms. The van der Waals surface area contributed by atoms with Crippen LogP contribution in [-0.2, 0) is 26.9 Å². The third kappa shape index (κ3) is 6.53. The molecule has 1 aliphatic heterocycles. The molecule has 2 aromatic heterocycles. The summed E-state index contributed by atoms with van der Waals surface area (Å²) in [7, 11) is -3.26. The molecule has 0 saturated carbocycles. The fourth-order valence-corrected chi connectivity index (χ4v) is 4.05. The topological polar surface area (TPSA) is 127 Å². The van der Waals surface area contributed by atoms with Crippen LogP contribution in [0.25, 0.3) is 11.4 Å². The lowest BCUT2D eigenvalue weighted by Gasteiger charge is -2.28. The predicted octanol–water partition coefficient (Wildman–Crippen LogP) is 2.44. The van der Waals surface area contributed by atoms with Crippen molar-refractivity contribution in [1.29, 1.82) is 0 Å². The summed E-state index contributed by atoms with van der Waals surface area (Å²) in [5.41, 5.74) is 1.74. The maximum Gasteiger partial charge on any atom is 0.319 e. The maximum atomic E-state index is 12.1. The van der Waals surface area contributed by atoms with Gasteiger partial charge in [-0.1, -0.05) is 0 Å². The number of benzene rings is 1. The highest BCUT2D eigenvalue weighted by Crippen LogP contribution is 2.23. The SMILES string of the molecule is CS(=O)(=O)Cc1cc(N2CCOCC2)nc(-c2ccc(NC(=O)NCc3ccco3)cc2)n1. The molecule has 0 radical (unpaired) electrons. The standard InChI is InChI=1S/C22H25N5O5S/c1-33(29,30)15-18-13-20(27-8-11-31-12-9-27)26-21(24-18)16-4-6-17(7-5-16)25-22(28)23-14-19-3-2-10-32-19/h2-7,10,13H,8-9,11-12,14-15H2,1H3,(H2,23,25,28). The number of rotatable bonds is 7. The number of nitrogens with zero attached hydrogens (tertiary/aromatic N) is 3. The first-order chi connectivity index (χ1) is 15.9. The van der Waals surface area contributed by atoms with Crippen LogP contribution in [0.3, 0.4) is 0 Å². The molecule has 33 heavy (non-hydrogen) atoms. The maximum absolute atomic E-state index is 12.1. The Morgan fingerprint density at radius 1 is 1.12 bits per heavy atom. The summed E-state index contributed by atoms with van der Waals surface area (Å²) < 4.78 is 34.3. The zero-order valence-electron chi connectivity index (χ0n) is 18.2. The van der Waals surface area contributed by atoms with Gasteiger partial charge in [0.05, 0.1) is 37.5 Å². The average molecular weight is 472 g/mol. The van der Waals surface area contributed by atoms with Crippen LogP contribution in [0.2, 0.25) is 0 Å². The summed E-state index contributed by atoms with van der Waals surface area (Å²) in [6.07, 6.45) is 2.73. The minimum absolute atomic E-state index is 0.171. The van der Waals surface area contributed by atoms with E-state index in [4.69, 9.17) is 9.15 Å². The van der Waals surface area contributed by atoms with Gasteiger partial charge in [0.25, 0.3) is 0 Å². The number of furan rings is 1. The van der Waals surface area contributed by atoms with Crippen LogP contribution >= 0.6 is 0 Å². The van der Waals surface area contributed by atoms with Crippen molar-refractivity contribution in [2.24, 2.45) is 0 Å². The van der Waals surface area contributed by atoms with Crippen molar-refractivity contribution in [3.8, 4) is 11.4 Å². The van der Waals surface area contributed by atoms with E-state index < -0.39 is 9.84 Å². The van der Waals surface area contributed by atoms with Crippen molar-refractivity contribution < 1.29 is 22.4 Å². The lowest BCUT2D eigenvalue weighted by atomic mass is 10.2. The normalized spacial score (nSPS) is 14.2. The molecule has 1 aromatic carbocycles. The molecular weight excluding hydrogens is 446 g/mol. The van der Waals surface area contributed by atoms with Gasteiger partial charge in [0.15, 0.2) is 15.7 Å². The Bertz CT molecular complexity index is 1190. The number of aromatic nitrogens is 2. The van der Waals surface area contributed by atoms with E-state index in [0.717, 1.165) is 0 Å². The van der Waals surface area contributed by atoms with Crippen LogP contribution in [0.4, 0.5) is 16.3 Å². The molecule has 0 atom stereocenters. The second-order valence-electron chi connectivity index (χ2n) is 7.67. The van der Waals surface area contributed by atoms with E-state index in [9.17, 15) is 13.2 Å². The number of nitrogens with one attached hydrogen (secondary N) is 2. The molecule has 3 aromatic rings. The van der Waals surface area contributed by atoms with Gasteiger partial charge in [0.1, 0.15) is 11.6 Å². The lowest BCUT2D eigenvalue weighted by molar-refractivity contribution is 0.122. The van der Waals surface area contributed by atoms with Crippen molar-refractivity contribution >= 4 is 27.4 Å². The Hall–Kier alpha value is -3.44. The molecule has 0 aliphatic carbocycles. The van der Waals surface area contributed by atoms with Gasteiger partial charge in [0.2, 0.25) is 0 Å². The van der Waals surface area contributed by atoms with Crippen molar-refractivity contribution in [1.82, 2.24) is 15.3 Å². The Labute approximate surface area is 191 Å². The summed E-state index contributed by atoms with van der Waals surface area (Å²) >= 11 is 0. The molecule has 0 unspecified atom stereocenters. The van der Waals surface area contributed by atoms with Crippen molar-refractivity contribution in [3.05, 3.63) is 60.2 Å². The molecule has 1 saturated heterocycles. The number of amides is 2. The van der Waals surface area contributed by atoms with Crippen molar-refractivity contribution in [3.63, 3.8) is 0 Å². The molecule has 4 rings (SSSR count). The van der Waals surface area contributed by atoms with E-state index in [0.29, 0.717) is 60.7 Å². The first-order valence-electron chi connectivity index (χ1n) is 10.4. The molecular formula is C22H25N5O5S. The number of sulfone groups is 1. The minimum atomic E-state index is -3.26. The molecule has 2 amide bonds. The molecule has 1 aliphatic rings.